The number of benzene rings is 2. The van der Waals surface area contributed by atoms with Crippen molar-refractivity contribution in [1.82, 2.24) is 25.1 Å². The molecule has 2 aromatic carbocycles. The standard InChI is InChI=1S/C17H12N6O3/c18-15-14(20-22-23(15)11-4-2-1-3-5-11)17-19-16(21-26-17)10-6-7-12-13(8-10)25-9-24-12/h1-8H,9,18H2. The Morgan fingerprint density at radius 3 is 2.73 bits per heavy atom. The third-order valence-electron chi connectivity index (χ3n) is 3.97. The van der Waals surface area contributed by atoms with Crippen LogP contribution < -0.4 is 15.2 Å². The van der Waals surface area contributed by atoms with Gasteiger partial charge in [-0.3, -0.25) is 0 Å². The Balaban J connectivity index is 1.50. The highest BCUT2D eigenvalue weighted by molar-refractivity contribution is 5.67. The molecular weight excluding hydrogens is 336 g/mol. The summed E-state index contributed by atoms with van der Waals surface area (Å²) in [4.78, 5) is 4.37. The molecule has 3 heterocycles. The van der Waals surface area contributed by atoms with Crippen LogP contribution in [0.15, 0.2) is 53.1 Å². The van der Waals surface area contributed by atoms with Crippen molar-refractivity contribution in [2.45, 2.75) is 0 Å². The number of fused-ring (bicyclic) bond motifs is 1. The van der Waals surface area contributed by atoms with Crippen molar-refractivity contribution in [1.29, 1.82) is 0 Å². The third kappa shape index (κ3) is 2.25. The molecule has 0 spiro atoms. The molecule has 0 unspecified atom stereocenters. The highest BCUT2D eigenvalue weighted by Crippen LogP contribution is 2.35. The molecule has 9 heteroatoms. The molecule has 128 valence electrons. The van der Waals surface area contributed by atoms with Gasteiger partial charge in [0.25, 0.3) is 5.89 Å². The molecule has 5 rings (SSSR count). The van der Waals surface area contributed by atoms with Gasteiger partial charge in [0.15, 0.2) is 23.0 Å². The lowest BCUT2D eigenvalue weighted by Gasteiger charge is -2.01. The van der Waals surface area contributed by atoms with E-state index in [-0.39, 0.29) is 12.7 Å². The average molecular weight is 348 g/mol. The predicted octanol–water partition coefficient (Wildman–Crippen LogP) is 2.30. The van der Waals surface area contributed by atoms with Crippen LogP contribution in [-0.2, 0) is 0 Å². The minimum atomic E-state index is 0.192. The van der Waals surface area contributed by atoms with Crippen molar-refractivity contribution < 1.29 is 14.0 Å². The van der Waals surface area contributed by atoms with E-state index in [0.29, 0.717) is 28.8 Å². The first-order valence-corrected chi connectivity index (χ1v) is 7.80. The molecule has 4 aromatic rings. The van der Waals surface area contributed by atoms with E-state index in [1.807, 2.05) is 36.4 Å². The number of nitrogens with two attached hydrogens (primary N) is 1. The first kappa shape index (κ1) is 14.5. The molecule has 0 atom stereocenters. The summed E-state index contributed by atoms with van der Waals surface area (Å²) in [6.07, 6.45) is 0. The average Bonchev–Trinajstić information content (AvgIpc) is 3.41. The number of para-hydroxylation sites is 1. The van der Waals surface area contributed by atoms with Crippen LogP contribution in [-0.4, -0.2) is 31.9 Å². The molecule has 9 nitrogen and oxygen atoms in total. The summed E-state index contributed by atoms with van der Waals surface area (Å²) in [5.41, 5.74) is 8.02. The Labute approximate surface area is 147 Å². The fourth-order valence-electron chi connectivity index (χ4n) is 2.67. The molecule has 0 radical (unpaired) electrons. The lowest BCUT2D eigenvalue weighted by molar-refractivity contribution is 0.174. The largest absolute Gasteiger partial charge is 0.454 e. The van der Waals surface area contributed by atoms with Crippen LogP contribution in [0, 0.1) is 0 Å². The van der Waals surface area contributed by atoms with Gasteiger partial charge in [0, 0.05) is 5.56 Å². The summed E-state index contributed by atoms with van der Waals surface area (Å²) in [5, 5.41) is 12.1. The number of aromatic nitrogens is 5. The normalized spacial score (nSPS) is 12.5. The zero-order chi connectivity index (χ0) is 17.5. The SMILES string of the molecule is Nc1c(-c2nc(-c3ccc4c(c3)OCO4)no2)nnn1-c1ccccc1. The number of ether oxygens (including phenoxy) is 2. The summed E-state index contributed by atoms with van der Waals surface area (Å²) >= 11 is 0. The highest BCUT2D eigenvalue weighted by Gasteiger charge is 2.21. The minimum absolute atomic E-state index is 0.192. The highest BCUT2D eigenvalue weighted by atomic mass is 16.7. The molecule has 0 amide bonds. The van der Waals surface area contributed by atoms with E-state index in [2.05, 4.69) is 20.5 Å². The summed E-state index contributed by atoms with van der Waals surface area (Å²) in [6, 6.07) is 14.9. The van der Waals surface area contributed by atoms with Crippen molar-refractivity contribution in [2.75, 3.05) is 12.5 Å². The summed E-state index contributed by atoms with van der Waals surface area (Å²) in [5.74, 6) is 2.23. The zero-order valence-corrected chi connectivity index (χ0v) is 13.4. The number of hydrogen-bond acceptors (Lipinski definition) is 8. The molecule has 0 aliphatic carbocycles. The molecule has 2 N–H and O–H groups in total. The second kappa shape index (κ2) is 5.59. The molecule has 26 heavy (non-hydrogen) atoms. The van der Waals surface area contributed by atoms with Gasteiger partial charge in [-0.1, -0.05) is 28.6 Å². The smallest absolute Gasteiger partial charge is 0.282 e. The summed E-state index contributed by atoms with van der Waals surface area (Å²) in [6.45, 7) is 0.204. The topological polar surface area (TPSA) is 114 Å². The number of hydrogen-bond donors (Lipinski definition) is 1. The van der Waals surface area contributed by atoms with E-state index in [1.165, 1.54) is 4.68 Å². The van der Waals surface area contributed by atoms with E-state index in [0.717, 1.165) is 11.3 Å². The zero-order valence-electron chi connectivity index (χ0n) is 13.4. The van der Waals surface area contributed by atoms with Gasteiger partial charge in [0.05, 0.1) is 5.69 Å². The molecule has 1 aliphatic rings. The van der Waals surface area contributed by atoms with Crippen molar-refractivity contribution in [3.8, 4) is 40.2 Å². The van der Waals surface area contributed by atoms with Gasteiger partial charge in [0.2, 0.25) is 12.6 Å². The van der Waals surface area contributed by atoms with Crippen molar-refractivity contribution in [2.24, 2.45) is 0 Å². The third-order valence-corrected chi connectivity index (χ3v) is 3.97. The van der Waals surface area contributed by atoms with E-state index >= 15 is 0 Å². The van der Waals surface area contributed by atoms with Gasteiger partial charge < -0.3 is 19.7 Å². The second-order valence-electron chi connectivity index (χ2n) is 5.56. The maximum Gasteiger partial charge on any atom is 0.282 e. The Hall–Kier alpha value is -3.88. The van der Waals surface area contributed by atoms with Gasteiger partial charge in [-0.2, -0.15) is 9.67 Å². The predicted molar refractivity (Wildman–Crippen MR) is 90.6 cm³/mol. The van der Waals surface area contributed by atoms with Gasteiger partial charge in [-0.15, -0.1) is 5.10 Å². The van der Waals surface area contributed by atoms with Gasteiger partial charge in [-0.25, -0.2) is 0 Å². The maximum atomic E-state index is 6.16. The van der Waals surface area contributed by atoms with Crippen molar-refractivity contribution in [3.63, 3.8) is 0 Å². The van der Waals surface area contributed by atoms with Crippen LogP contribution in [0.4, 0.5) is 5.82 Å². The van der Waals surface area contributed by atoms with Crippen LogP contribution in [0.2, 0.25) is 0 Å². The fraction of sp³-hybridized carbons (Fsp3) is 0.0588. The van der Waals surface area contributed by atoms with Crippen LogP contribution >= 0.6 is 0 Å². The Morgan fingerprint density at radius 2 is 1.85 bits per heavy atom. The van der Waals surface area contributed by atoms with Crippen LogP contribution in [0.5, 0.6) is 11.5 Å². The molecule has 1 aliphatic heterocycles. The van der Waals surface area contributed by atoms with Crippen LogP contribution in [0.3, 0.4) is 0 Å². The molecule has 0 saturated carbocycles. The number of anilines is 1. The Morgan fingerprint density at radius 1 is 1.00 bits per heavy atom. The monoisotopic (exact) mass is 348 g/mol. The van der Waals surface area contributed by atoms with Crippen molar-refractivity contribution >= 4 is 5.82 Å². The Kier molecular flexibility index (Phi) is 3.11. The van der Waals surface area contributed by atoms with E-state index in [4.69, 9.17) is 19.7 Å². The Bertz CT molecular complexity index is 1090. The van der Waals surface area contributed by atoms with Crippen LogP contribution in [0.1, 0.15) is 0 Å². The maximum absolute atomic E-state index is 6.16. The fourth-order valence-corrected chi connectivity index (χ4v) is 2.67. The van der Waals surface area contributed by atoms with E-state index < -0.39 is 0 Å². The van der Waals surface area contributed by atoms with Crippen molar-refractivity contribution in [3.05, 3.63) is 48.5 Å². The molecular formula is C17H12N6O3. The van der Waals surface area contributed by atoms with E-state index in [1.54, 1.807) is 12.1 Å². The number of rotatable bonds is 3. The molecule has 0 saturated heterocycles. The first-order chi connectivity index (χ1) is 12.8. The first-order valence-electron chi connectivity index (χ1n) is 7.80. The molecule has 0 bridgehead atoms. The minimum Gasteiger partial charge on any atom is -0.454 e. The number of nitrogens with zero attached hydrogens (tertiary/aromatic N) is 5. The molecule has 2 aromatic heterocycles. The summed E-state index contributed by atoms with van der Waals surface area (Å²) in [7, 11) is 0. The van der Waals surface area contributed by atoms with Crippen LogP contribution in [0.25, 0.3) is 28.7 Å². The lowest BCUT2D eigenvalue weighted by atomic mass is 10.2. The lowest BCUT2D eigenvalue weighted by Crippen LogP contribution is -2.01. The van der Waals surface area contributed by atoms with Gasteiger partial charge in [-0.05, 0) is 30.3 Å². The summed E-state index contributed by atoms with van der Waals surface area (Å²) < 4.78 is 17.5. The van der Waals surface area contributed by atoms with Gasteiger partial charge in [0.1, 0.15) is 0 Å². The number of nitrogen functional groups attached to an aromatic ring is 1. The van der Waals surface area contributed by atoms with E-state index in [9.17, 15) is 0 Å². The molecule has 0 fully saturated rings. The quantitative estimate of drug-likeness (QED) is 0.600. The second-order valence-corrected chi connectivity index (χ2v) is 5.56. The van der Waals surface area contributed by atoms with Gasteiger partial charge >= 0.3 is 0 Å².